The van der Waals surface area contributed by atoms with Crippen molar-refractivity contribution in [2.75, 3.05) is 25.1 Å². The summed E-state index contributed by atoms with van der Waals surface area (Å²) in [4.78, 5) is 19.7. The number of carbonyl (C=O) groups excluding carboxylic acids is 1. The van der Waals surface area contributed by atoms with Crippen molar-refractivity contribution in [1.82, 2.24) is 9.97 Å². The molecule has 6 nitrogen and oxygen atoms in total. The van der Waals surface area contributed by atoms with Gasteiger partial charge in [0.25, 0.3) is 5.91 Å². The first-order valence-corrected chi connectivity index (χ1v) is 6.61. The minimum absolute atomic E-state index is 0.0565. The molecular formula is C11H11Cl2N4O2+. The molecule has 8 heteroatoms. The van der Waals surface area contributed by atoms with Crippen LogP contribution in [-0.4, -0.2) is 46.4 Å². The molecule has 1 aromatic heterocycles. The number of hydrogen-bond donors (Lipinski definition) is 1. The van der Waals surface area contributed by atoms with E-state index in [-0.39, 0.29) is 28.8 Å². The van der Waals surface area contributed by atoms with Crippen molar-refractivity contribution in [1.29, 1.82) is 0 Å². The highest BCUT2D eigenvalue weighted by molar-refractivity contribution is 6.34. The van der Waals surface area contributed by atoms with Gasteiger partial charge in [0.05, 0.1) is 12.8 Å². The van der Waals surface area contributed by atoms with Gasteiger partial charge in [-0.2, -0.15) is 4.98 Å². The number of anilines is 1. The van der Waals surface area contributed by atoms with E-state index in [1.165, 1.54) is 0 Å². The largest absolute Gasteiger partial charge is 0.381 e. The Kier molecular flexibility index (Phi) is 3.38. The predicted octanol–water partition coefficient (Wildman–Crippen LogP) is 1.49. The standard InChI is InChI=1S/C11H10Cl2N4O2/c12-9-8-10(16-11(13)15-9)17(4-7(18)14-8)3-6-1-2-19-5-6/h3,6H,1-2,4-5H2/p+1/b17-3+. The molecular weight excluding hydrogens is 291 g/mol. The molecule has 2 aliphatic rings. The maximum atomic E-state index is 11.7. The second-order valence-corrected chi connectivity index (χ2v) is 5.13. The normalized spacial score (nSPS) is 24.4. The Balaban J connectivity index is 2.05. The van der Waals surface area contributed by atoms with E-state index in [9.17, 15) is 4.79 Å². The van der Waals surface area contributed by atoms with Gasteiger partial charge in [-0.15, -0.1) is 0 Å². The van der Waals surface area contributed by atoms with Crippen LogP contribution in [0.2, 0.25) is 10.4 Å². The highest BCUT2D eigenvalue weighted by atomic mass is 35.5. The van der Waals surface area contributed by atoms with Crippen LogP contribution in [0.5, 0.6) is 0 Å². The fraction of sp³-hybridized carbons (Fsp3) is 0.455. The Morgan fingerprint density at radius 1 is 1.42 bits per heavy atom. The average Bonchev–Trinajstić information content (AvgIpc) is 2.83. The quantitative estimate of drug-likeness (QED) is 0.485. The van der Waals surface area contributed by atoms with E-state index in [0.717, 1.165) is 13.0 Å². The summed E-state index contributed by atoms with van der Waals surface area (Å²) in [5.41, 5.74) is 0.400. The molecule has 0 aliphatic carbocycles. The van der Waals surface area contributed by atoms with E-state index in [1.54, 1.807) is 4.58 Å². The summed E-state index contributed by atoms with van der Waals surface area (Å²) in [6.07, 6.45) is 2.88. The highest BCUT2D eigenvalue weighted by Gasteiger charge is 2.32. The Morgan fingerprint density at radius 2 is 2.26 bits per heavy atom. The number of nitrogens with one attached hydrogen (secondary N) is 1. The van der Waals surface area contributed by atoms with E-state index >= 15 is 0 Å². The molecule has 0 bridgehead atoms. The lowest BCUT2D eigenvalue weighted by Crippen LogP contribution is -2.32. The van der Waals surface area contributed by atoms with Gasteiger partial charge in [-0.25, -0.2) is 4.58 Å². The predicted molar refractivity (Wildman–Crippen MR) is 70.5 cm³/mol. The monoisotopic (exact) mass is 301 g/mol. The van der Waals surface area contributed by atoms with E-state index in [0.29, 0.717) is 18.1 Å². The molecule has 1 fully saturated rings. The Hall–Kier alpha value is -1.24. The van der Waals surface area contributed by atoms with Crippen LogP contribution < -0.4 is 5.32 Å². The molecule has 0 spiro atoms. The van der Waals surface area contributed by atoms with Crippen molar-refractivity contribution in [3.05, 3.63) is 10.4 Å². The Morgan fingerprint density at radius 3 is 3.00 bits per heavy atom. The number of amides is 1. The van der Waals surface area contributed by atoms with E-state index in [2.05, 4.69) is 15.3 Å². The van der Waals surface area contributed by atoms with Crippen LogP contribution in [-0.2, 0) is 9.53 Å². The van der Waals surface area contributed by atoms with Crippen LogP contribution in [0.25, 0.3) is 0 Å². The smallest absolute Gasteiger partial charge is 0.354 e. The zero-order chi connectivity index (χ0) is 13.4. The van der Waals surface area contributed by atoms with Gasteiger partial charge in [0.1, 0.15) is 0 Å². The summed E-state index contributed by atoms with van der Waals surface area (Å²) >= 11 is 11.8. The molecule has 3 rings (SSSR count). The molecule has 1 unspecified atom stereocenters. The maximum Gasteiger partial charge on any atom is 0.354 e. The van der Waals surface area contributed by atoms with Crippen molar-refractivity contribution in [2.45, 2.75) is 6.42 Å². The van der Waals surface area contributed by atoms with Gasteiger partial charge in [-0.1, -0.05) is 11.6 Å². The van der Waals surface area contributed by atoms with Crippen LogP contribution in [0.15, 0.2) is 0 Å². The summed E-state index contributed by atoms with van der Waals surface area (Å²) < 4.78 is 7.07. The van der Waals surface area contributed by atoms with E-state index in [1.807, 2.05) is 6.21 Å². The van der Waals surface area contributed by atoms with Crippen LogP contribution in [0, 0.1) is 5.92 Å². The van der Waals surface area contributed by atoms with Gasteiger partial charge in [0.2, 0.25) is 0 Å². The maximum absolute atomic E-state index is 11.7. The van der Waals surface area contributed by atoms with E-state index < -0.39 is 0 Å². The van der Waals surface area contributed by atoms with Gasteiger partial charge in [-0.05, 0) is 23.0 Å². The van der Waals surface area contributed by atoms with Gasteiger partial charge in [0.15, 0.2) is 17.4 Å². The van der Waals surface area contributed by atoms with Gasteiger partial charge in [-0.3, -0.25) is 4.79 Å². The Labute approximate surface area is 119 Å². The number of hydrogen-bond acceptors (Lipinski definition) is 4. The fourth-order valence-electron chi connectivity index (χ4n) is 2.17. The minimum Gasteiger partial charge on any atom is -0.381 e. The van der Waals surface area contributed by atoms with Crippen molar-refractivity contribution in [3.8, 4) is 0 Å². The molecule has 0 radical (unpaired) electrons. The number of nitrogens with zero attached hydrogens (tertiary/aromatic N) is 3. The van der Waals surface area contributed by atoms with Gasteiger partial charge >= 0.3 is 11.1 Å². The molecule has 0 saturated carbocycles. The average molecular weight is 302 g/mol. The fourth-order valence-corrected chi connectivity index (χ4v) is 2.59. The number of carbonyl (C=O) groups is 1. The van der Waals surface area contributed by atoms with Crippen LogP contribution >= 0.6 is 23.2 Å². The molecule has 19 heavy (non-hydrogen) atoms. The molecule has 1 aromatic rings. The molecule has 100 valence electrons. The third-order valence-corrected chi connectivity index (χ3v) is 3.47. The van der Waals surface area contributed by atoms with Gasteiger partial charge in [0, 0.05) is 12.5 Å². The van der Waals surface area contributed by atoms with Crippen LogP contribution in [0.4, 0.5) is 11.5 Å². The van der Waals surface area contributed by atoms with E-state index in [4.69, 9.17) is 27.9 Å². The summed E-state index contributed by atoms with van der Waals surface area (Å²) in [6, 6.07) is 0. The van der Waals surface area contributed by atoms with Crippen molar-refractivity contribution in [3.63, 3.8) is 0 Å². The molecule has 0 aromatic carbocycles. The third kappa shape index (κ3) is 2.56. The third-order valence-electron chi connectivity index (χ3n) is 3.02. The highest BCUT2D eigenvalue weighted by Crippen LogP contribution is 2.33. The molecule has 2 aliphatic heterocycles. The summed E-state index contributed by atoms with van der Waals surface area (Å²) in [7, 11) is 0. The topological polar surface area (TPSA) is 67.1 Å². The Bertz CT molecular complexity index is 570. The molecule has 1 atom stereocenters. The second kappa shape index (κ2) is 5.03. The lowest BCUT2D eigenvalue weighted by Gasteiger charge is -2.15. The number of ether oxygens (including phenoxy) is 1. The second-order valence-electron chi connectivity index (χ2n) is 4.43. The number of halogens is 2. The molecule has 1 saturated heterocycles. The van der Waals surface area contributed by atoms with Crippen molar-refractivity contribution < 1.29 is 14.1 Å². The lowest BCUT2D eigenvalue weighted by atomic mass is 10.1. The zero-order valence-corrected chi connectivity index (χ0v) is 11.4. The summed E-state index contributed by atoms with van der Waals surface area (Å²) in [6.45, 7) is 1.58. The van der Waals surface area contributed by atoms with Crippen molar-refractivity contribution in [2.24, 2.45) is 5.92 Å². The van der Waals surface area contributed by atoms with Crippen LogP contribution in [0.1, 0.15) is 6.42 Å². The molecule has 1 amide bonds. The summed E-state index contributed by atoms with van der Waals surface area (Å²) in [5, 5.41) is 2.86. The first-order valence-electron chi connectivity index (χ1n) is 5.86. The SMILES string of the molecule is O=C1C/[N+](=C\C2CCOC2)c2nc(Cl)nc(Cl)c2N1. The first-order chi connectivity index (χ1) is 9.13. The van der Waals surface area contributed by atoms with Gasteiger partial charge < -0.3 is 10.1 Å². The lowest BCUT2D eigenvalue weighted by molar-refractivity contribution is -0.430. The summed E-state index contributed by atoms with van der Waals surface area (Å²) in [5.74, 6) is 0.637. The zero-order valence-electron chi connectivity index (χ0n) is 9.90. The minimum atomic E-state index is -0.157. The van der Waals surface area contributed by atoms with Crippen molar-refractivity contribution >= 4 is 46.8 Å². The number of rotatable bonds is 1. The number of fused-ring (bicyclic) bond motifs is 1. The molecule has 3 heterocycles. The molecule has 1 N–H and O–H groups in total. The number of aromatic nitrogens is 2. The van der Waals surface area contributed by atoms with Crippen LogP contribution in [0.3, 0.4) is 0 Å². The first kappa shape index (κ1) is 12.8.